The second kappa shape index (κ2) is 10.2. The zero-order valence-corrected chi connectivity index (χ0v) is 19.8. The van der Waals surface area contributed by atoms with E-state index in [0.717, 1.165) is 6.07 Å². The summed E-state index contributed by atoms with van der Waals surface area (Å²) >= 11 is 0. The summed E-state index contributed by atoms with van der Waals surface area (Å²) in [5, 5.41) is 6.81. The third kappa shape index (κ3) is 4.88. The number of aromatic nitrogens is 2. The van der Waals surface area contributed by atoms with Crippen LogP contribution in [0.2, 0.25) is 0 Å². The number of carbonyl (C=O) groups excluding carboxylic acids is 2. The van der Waals surface area contributed by atoms with Gasteiger partial charge in [0.1, 0.15) is 23.1 Å². The fourth-order valence-electron chi connectivity index (χ4n) is 4.34. The quantitative estimate of drug-likeness (QED) is 0.359. The first kappa shape index (κ1) is 26.1. The lowest BCUT2D eigenvalue weighted by Crippen LogP contribution is -2.52. The Labute approximate surface area is 209 Å². The summed E-state index contributed by atoms with van der Waals surface area (Å²) in [7, 11) is 1.36. The van der Waals surface area contributed by atoms with Crippen molar-refractivity contribution >= 4 is 18.0 Å². The Morgan fingerprint density at radius 1 is 1.22 bits per heavy atom. The number of hydrogen-bond donors (Lipinski definition) is 2. The van der Waals surface area contributed by atoms with Crippen LogP contribution >= 0.6 is 0 Å². The normalized spacial score (nSPS) is 15.3. The molecule has 4 rings (SSSR count). The van der Waals surface area contributed by atoms with E-state index in [1.165, 1.54) is 19.2 Å². The number of nitrogens with zero attached hydrogens (tertiary/aromatic N) is 2. The third-order valence-electron chi connectivity index (χ3n) is 6.42. The van der Waals surface area contributed by atoms with Crippen LogP contribution in [0.1, 0.15) is 39.1 Å². The van der Waals surface area contributed by atoms with Gasteiger partial charge in [-0.05, 0) is 23.8 Å². The van der Waals surface area contributed by atoms with Gasteiger partial charge in [0.15, 0.2) is 11.8 Å². The smallest absolute Gasteiger partial charge is 0.413 e. The molecule has 0 aliphatic carbocycles. The molecule has 1 amide bonds. The standard InChI is InChI=1S/C25H24F4N4O4/c1-36-20-7-6-17(26)12-18(20)23(35)31-13-15-2-4-16(5-3-15)21-19(14-34)22(30)33(32-21)24(25(27,28)29)8-10-37-11-9-24/h2-7,12,14H,8-11,13,30H2,1H3,(H,31,35). The number of methoxy groups -OCH3 is 1. The number of nitrogens with two attached hydrogens (primary N) is 1. The SMILES string of the molecule is COc1ccc(F)cc1C(=O)NCc1ccc(-c2nn(C3(C(F)(F)F)CCOCC3)c(N)c2C=O)cc1. The Morgan fingerprint density at radius 2 is 1.89 bits per heavy atom. The third-order valence-corrected chi connectivity index (χ3v) is 6.42. The lowest BCUT2D eigenvalue weighted by Gasteiger charge is -2.39. The molecule has 1 aromatic heterocycles. The van der Waals surface area contributed by atoms with Gasteiger partial charge >= 0.3 is 6.18 Å². The van der Waals surface area contributed by atoms with Crippen LogP contribution in [0.4, 0.5) is 23.4 Å². The number of hydrogen-bond acceptors (Lipinski definition) is 6. The first-order valence-corrected chi connectivity index (χ1v) is 11.3. The number of benzene rings is 2. The van der Waals surface area contributed by atoms with Gasteiger partial charge in [0.25, 0.3) is 5.91 Å². The van der Waals surface area contributed by atoms with E-state index in [1.54, 1.807) is 24.3 Å². The Hall–Kier alpha value is -3.93. The number of alkyl halides is 3. The fourth-order valence-corrected chi connectivity index (χ4v) is 4.34. The van der Waals surface area contributed by atoms with Crippen LogP contribution < -0.4 is 15.8 Å². The van der Waals surface area contributed by atoms with Gasteiger partial charge in [-0.2, -0.15) is 18.3 Å². The van der Waals surface area contributed by atoms with Crippen LogP contribution in [0.3, 0.4) is 0 Å². The number of halogens is 4. The van der Waals surface area contributed by atoms with E-state index in [0.29, 0.717) is 22.1 Å². The van der Waals surface area contributed by atoms with E-state index < -0.39 is 23.4 Å². The monoisotopic (exact) mass is 520 g/mol. The average molecular weight is 520 g/mol. The van der Waals surface area contributed by atoms with Crippen molar-refractivity contribution in [2.24, 2.45) is 0 Å². The molecule has 0 atom stereocenters. The van der Waals surface area contributed by atoms with Crippen LogP contribution in [0.5, 0.6) is 5.75 Å². The van der Waals surface area contributed by atoms with Crippen molar-refractivity contribution in [3.8, 4) is 17.0 Å². The van der Waals surface area contributed by atoms with Gasteiger partial charge in [0, 0.05) is 38.2 Å². The summed E-state index contributed by atoms with van der Waals surface area (Å²) < 4.78 is 67.0. The average Bonchev–Trinajstić information content (AvgIpc) is 3.23. The maximum absolute atomic E-state index is 14.2. The molecule has 0 radical (unpaired) electrons. The largest absolute Gasteiger partial charge is 0.496 e. The molecular formula is C25H24F4N4O4. The summed E-state index contributed by atoms with van der Waals surface area (Å²) in [6.45, 7) is -0.161. The van der Waals surface area contributed by atoms with E-state index in [1.807, 2.05) is 0 Å². The van der Waals surface area contributed by atoms with Crippen LogP contribution in [-0.2, 0) is 16.8 Å². The van der Waals surface area contributed by atoms with E-state index >= 15 is 0 Å². The molecule has 196 valence electrons. The highest BCUT2D eigenvalue weighted by atomic mass is 19.4. The minimum Gasteiger partial charge on any atom is -0.496 e. The summed E-state index contributed by atoms with van der Waals surface area (Å²) in [6.07, 6.45) is -5.04. The highest BCUT2D eigenvalue weighted by Gasteiger charge is 2.58. The number of ether oxygens (including phenoxy) is 2. The Morgan fingerprint density at radius 3 is 2.49 bits per heavy atom. The van der Waals surface area contributed by atoms with E-state index in [4.69, 9.17) is 15.2 Å². The van der Waals surface area contributed by atoms with Crippen molar-refractivity contribution in [1.29, 1.82) is 0 Å². The minimum atomic E-state index is -4.67. The molecule has 0 unspecified atom stereocenters. The molecule has 12 heteroatoms. The molecule has 8 nitrogen and oxygen atoms in total. The number of anilines is 1. The number of rotatable bonds is 7. The van der Waals surface area contributed by atoms with Gasteiger partial charge in [0.05, 0.1) is 18.2 Å². The van der Waals surface area contributed by atoms with Crippen LogP contribution in [0, 0.1) is 5.82 Å². The number of carbonyl (C=O) groups is 2. The molecule has 1 fully saturated rings. The van der Waals surface area contributed by atoms with E-state index in [-0.39, 0.29) is 61.0 Å². The molecule has 37 heavy (non-hydrogen) atoms. The second-order valence-electron chi connectivity index (χ2n) is 8.54. The van der Waals surface area contributed by atoms with Crippen LogP contribution in [-0.4, -0.2) is 48.5 Å². The van der Waals surface area contributed by atoms with Crippen molar-refractivity contribution < 1.29 is 36.6 Å². The summed E-state index contributed by atoms with van der Waals surface area (Å²) in [4.78, 5) is 24.3. The highest BCUT2D eigenvalue weighted by molar-refractivity contribution is 5.97. The molecule has 1 aliphatic rings. The first-order valence-electron chi connectivity index (χ1n) is 11.3. The molecule has 3 N–H and O–H groups in total. The Bertz CT molecular complexity index is 1300. The number of nitrogen functional groups attached to an aromatic ring is 1. The predicted octanol–water partition coefficient (Wildman–Crippen LogP) is 4.09. The molecule has 1 saturated heterocycles. The Balaban J connectivity index is 1.58. The van der Waals surface area contributed by atoms with Crippen LogP contribution in [0.25, 0.3) is 11.3 Å². The van der Waals surface area contributed by atoms with Gasteiger partial charge in [-0.25, -0.2) is 9.07 Å². The molecule has 0 saturated carbocycles. The van der Waals surface area contributed by atoms with Crippen molar-refractivity contribution in [2.45, 2.75) is 31.1 Å². The molecular weight excluding hydrogens is 496 g/mol. The maximum Gasteiger partial charge on any atom is 0.413 e. The topological polar surface area (TPSA) is 108 Å². The van der Waals surface area contributed by atoms with Gasteiger partial charge in [0.2, 0.25) is 0 Å². The summed E-state index contributed by atoms with van der Waals surface area (Å²) in [5.74, 6) is -1.30. The van der Waals surface area contributed by atoms with Gasteiger partial charge < -0.3 is 20.5 Å². The zero-order chi connectivity index (χ0) is 26.8. The lowest BCUT2D eigenvalue weighted by molar-refractivity contribution is -0.238. The Kier molecular flexibility index (Phi) is 7.21. The van der Waals surface area contributed by atoms with Gasteiger partial charge in [-0.15, -0.1) is 0 Å². The zero-order valence-electron chi connectivity index (χ0n) is 19.8. The van der Waals surface area contributed by atoms with E-state index in [2.05, 4.69) is 10.4 Å². The molecule has 1 aliphatic heterocycles. The lowest BCUT2D eigenvalue weighted by atomic mass is 9.89. The molecule has 3 aromatic rings. The second-order valence-corrected chi connectivity index (χ2v) is 8.54. The van der Waals surface area contributed by atoms with Crippen molar-refractivity contribution in [2.75, 3.05) is 26.1 Å². The van der Waals surface area contributed by atoms with Crippen molar-refractivity contribution in [3.63, 3.8) is 0 Å². The maximum atomic E-state index is 14.2. The predicted molar refractivity (Wildman–Crippen MR) is 126 cm³/mol. The molecule has 2 aromatic carbocycles. The van der Waals surface area contributed by atoms with Gasteiger partial charge in [-0.1, -0.05) is 24.3 Å². The minimum absolute atomic E-state index is 0.0164. The van der Waals surface area contributed by atoms with E-state index in [9.17, 15) is 27.2 Å². The molecule has 2 heterocycles. The summed E-state index contributed by atoms with van der Waals surface area (Å²) in [5.41, 5.74) is 4.55. The fraction of sp³-hybridized carbons (Fsp3) is 0.320. The summed E-state index contributed by atoms with van der Waals surface area (Å²) in [6, 6.07) is 9.95. The number of aldehydes is 1. The van der Waals surface area contributed by atoms with Crippen molar-refractivity contribution in [3.05, 3.63) is 65.0 Å². The first-order chi connectivity index (χ1) is 17.6. The van der Waals surface area contributed by atoms with Crippen molar-refractivity contribution in [1.82, 2.24) is 15.1 Å². The molecule has 0 spiro atoms. The number of nitrogens with one attached hydrogen (secondary N) is 1. The molecule has 0 bridgehead atoms. The number of amides is 1. The highest BCUT2D eigenvalue weighted by Crippen LogP contribution is 2.46. The van der Waals surface area contributed by atoms with Gasteiger partial charge in [-0.3, -0.25) is 9.59 Å². The van der Waals surface area contributed by atoms with Crippen LogP contribution in [0.15, 0.2) is 42.5 Å².